The summed E-state index contributed by atoms with van der Waals surface area (Å²) < 4.78 is 72.3. The lowest BCUT2D eigenvalue weighted by Crippen LogP contribution is -2.49. The number of hydrogen-bond acceptors (Lipinski definition) is 7. The number of hydrazine groups is 1. The van der Waals surface area contributed by atoms with Crippen LogP contribution >= 0.6 is 0 Å². The van der Waals surface area contributed by atoms with Gasteiger partial charge in [0.15, 0.2) is 0 Å². The first-order valence-corrected chi connectivity index (χ1v) is 13.1. The maximum atomic E-state index is 13.5. The number of sulfonamides is 1. The second-order valence-electron chi connectivity index (χ2n) is 8.85. The summed E-state index contributed by atoms with van der Waals surface area (Å²) >= 11 is 0. The number of carbonyl (C=O) groups is 1. The maximum absolute atomic E-state index is 13.5. The van der Waals surface area contributed by atoms with Crippen LogP contribution in [0.2, 0.25) is 0 Å². The standard InChI is InChI=1S/C25H23F3N6O4S/c1-16-21(15-30)23(32(2)24(35)34(16)19-5-3-4-18(13-19)25(26,27)28)20-7-6-17(14-29)12-22(20)39(36,37)31-33-8-10-38-11-9-33/h3-7,12-13,23,31H,8-11H2,1-2H3. The van der Waals surface area contributed by atoms with E-state index in [0.717, 1.165) is 34.1 Å². The van der Waals surface area contributed by atoms with Crippen LogP contribution in [-0.2, 0) is 20.9 Å². The number of anilines is 1. The first-order valence-electron chi connectivity index (χ1n) is 11.6. The number of morpholine rings is 1. The molecule has 2 aliphatic heterocycles. The highest BCUT2D eigenvalue weighted by Gasteiger charge is 2.41. The van der Waals surface area contributed by atoms with Crippen molar-refractivity contribution in [3.63, 3.8) is 0 Å². The van der Waals surface area contributed by atoms with Crippen molar-refractivity contribution in [1.29, 1.82) is 10.5 Å². The number of urea groups is 1. The van der Waals surface area contributed by atoms with Crippen molar-refractivity contribution in [2.45, 2.75) is 24.0 Å². The molecule has 1 N–H and O–H groups in total. The minimum absolute atomic E-state index is 0.0377. The fourth-order valence-electron chi connectivity index (χ4n) is 4.49. The number of halogens is 3. The molecule has 2 heterocycles. The van der Waals surface area contributed by atoms with Gasteiger partial charge in [0, 0.05) is 31.4 Å². The number of ether oxygens (including phenoxy) is 1. The predicted molar refractivity (Wildman–Crippen MR) is 132 cm³/mol. The highest BCUT2D eigenvalue weighted by molar-refractivity contribution is 7.89. The number of rotatable bonds is 5. The van der Waals surface area contributed by atoms with Crippen LogP contribution in [0.15, 0.2) is 58.6 Å². The largest absolute Gasteiger partial charge is 0.416 e. The van der Waals surface area contributed by atoms with Crippen molar-refractivity contribution in [1.82, 2.24) is 14.7 Å². The summed E-state index contributed by atoms with van der Waals surface area (Å²) in [5, 5.41) is 21.0. The number of allylic oxidation sites excluding steroid dienone is 1. The minimum Gasteiger partial charge on any atom is -0.379 e. The van der Waals surface area contributed by atoms with Gasteiger partial charge in [-0.05, 0) is 37.3 Å². The maximum Gasteiger partial charge on any atom is 0.416 e. The van der Waals surface area contributed by atoms with E-state index < -0.39 is 33.8 Å². The molecule has 0 bridgehead atoms. The van der Waals surface area contributed by atoms with Crippen LogP contribution in [0.1, 0.15) is 29.7 Å². The van der Waals surface area contributed by atoms with Crippen molar-refractivity contribution >= 4 is 21.7 Å². The Balaban J connectivity index is 1.85. The molecule has 39 heavy (non-hydrogen) atoms. The summed E-state index contributed by atoms with van der Waals surface area (Å²) in [7, 11) is -2.97. The van der Waals surface area contributed by atoms with Gasteiger partial charge in [-0.15, -0.1) is 4.83 Å². The van der Waals surface area contributed by atoms with Gasteiger partial charge in [0.2, 0.25) is 0 Å². The summed E-state index contributed by atoms with van der Waals surface area (Å²) in [6.45, 7) is 2.57. The van der Waals surface area contributed by atoms with Crippen LogP contribution in [0.5, 0.6) is 0 Å². The van der Waals surface area contributed by atoms with E-state index in [2.05, 4.69) is 4.83 Å². The zero-order valence-electron chi connectivity index (χ0n) is 20.9. The highest BCUT2D eigenvalue weighted by atomic mass is 32.2. The number of alkyl halides is 3. The molecule has 1 unspecified atom stereocenters. The average Bonchev–Trinajstić information content (AvgIpc) is 2.90. The summed E-state index contributed by atoms with van der Waals surface area (Å²) in [6, 6.07) is 9.91. The van der Waals surface area contributed by atoms with Gasteiger partial charge in [-0.3, -0.25) is 4.90 Å². The summed E-state index contributed by atoms with van der Waals surface area (Å²) in [4.78, 5) is 17.7. The number of benzene rings is 2. The fourth-order valence-corrected chi connectivity index (χ4v) is 5.88. The number of nitrogens with one attached hydrogen (secondary N) is 1. The van der Waals surface area contributed by atoms with Crippen molar-refractivity contribution in [3.05, 3.63) is 70.4 Å². The molecular weight excluding hydrogens is 537 g/mol. The first kappa shape index (κ1) is 28.1. The van der Waals surface area contributed by atoms with Gasteiger partial charge < -0.3 is 9.64 Å². The lowest BCUT2D eigenvalue weighted by molar-refractivity contribution is -0.137. The van der Waals surface area contributed by atoms with Crippen LogP contribution in [0, 0.1) is 22.7 Å². The topological polar surface area (TPSA) is 130 Å². The monoisotopic (exact) mass is 560 g/mol. The molecule has 4 rings (SSSR count). The molecule has 1 atom stereocenters. The second-order valence-corrected chi connectivity index (χ2v) is 10.5. The van der Waals surface area contributed by atoms with Gasteiger partial charge in [0.25, 0.3) is 10.0 Å². The normalized spacial score (nSPS) is 19.2. The van der Waals surface area contributed by atoms with Crippen molar-refractivity contribution in [2.24, 2.45) is 0 Å². The van der Waals surface area contributed by atoms with E-state index in [1.165, 1.54) is 37.2 Å². The quantitative estimate of drug-likeness (QED) is 0.592. The van der Waals surface area contributed by atoms with Gasteiger partial charge in [0.1, 0.15) is 0 Å². The van der Waals surface area contributed by atoms with E-state index in [0.29, 0.717) is 13.2 Å². The van der Waals surface area contributed by atoms with E-state index >= 15 is 0 Å². The Kier molecular flexibility index (Phi) is 7.68. The van der Waals surface area contributed by atoms with Gasteiger partial charge in [-0.2, -0.15) is 23.7 Å². The number of carbonyl (C=O) groups excluding carboxylic acids is 1. The zero-order valence-corrected chi connectivity index (χ0v) is 21.7. The van der Waals surface area contributed by atoms with Crippen LogP contribution < -0.4 is 9.73 Å². The summed E-state index contributed by atoms with van der Waals surface area (Å²) in [5.74, 6) is 0. The molecule has 2 aromatic rings. The predicted octanol–water partition coefficient (Wildman–Crippen LogP) is 3.51. The third kappa shape index (κ3) is 5.46. The second kappa shape index (κ2) is 10.7. The molecule has 2 aliphatic rings. The molecule has 2 aromatic carbocycles. The molecule has 2 amide bonds. The van der Waals surface area contributed by atoms with Crippen LogP contribution in [0.25, 0.3) is 0 Å². The van der Waals surface area contributed by atoms with Crippen LogP contribution in [0.3, 0.4) is 0 Å². The molecule has 14 heteroatoms. The number of likely N-dealkylation sites (N-methyl/N-ethyl adjacent to an activating group) is 1. The molecule has 1 saturated heterocycles. The van der Waals surface area contributed by atoms with Gasteiger partial charge in [0.05, 0.1) is 58.7 Å². The molecule has 0 aliphatic carbocycles. The Bertz CT molecular complexity index is 1520. The lowest BCUT2D eigenvalue weighted by Gasteiger charge is -2.40. The van der Waals surface area contributed by atoms with Gasteiger partial charge >= 0.3 is 12.2 Å². The van der Waals surface area contributed by atoms with Gasteiger partial charge in [-0.25, -0.2) is 18.2 Å². The molecule has 0 radical (unpaired) electrons. The van der Waals surface area contributed by atoms with E-state index in [1.807, 2.05) is 12.1 Å². The van der Waals surface area contributed by atoms with Crippen LogP contribution in [-0.4, -0.2) is 57.7 Å². The number of amides is 2. The molecule has 10 nitrogen and oxygen atoms in total. The first-order chi connectivity index (χ1) is 18.4. The number of nitrogens with zero attached hydrogens (tertiary/aromatic N) is 5. The molecular formula is C25H23F3N6O4S. The Morgan fingerprint density at radius 3 is 2.38 bits per heavy atom. The third-order valence-electron chi connectivity index (χ3n) is 6.42. The Hall–Kier alpha value is -3.95. The van der Waals surface area contributed by atoms with E-state index in [9.17, 15) is 36.9 Å². The van der Waals surface area contributed by atoms with E-state index in [4.69, 9.17) is 4.74 Å². The average molecular weight is 561 g/mol. The Morgan fingerprint density at radius 1 is 1.08 bits per heavy atom. The molecule has 204 valence electrons. The highest BCUT2D eigenvalue weighted by Crippen LogP contribution is 2.41. The fraction of sp³-hybridized carbons (Fsp3) is 0.320. The number of hydrogen-bond donors (Lipinski definition) is 1. The summed E-state index contributed by atoms with van der Waals surface area (Å²) in [5.41, 5.74) is -1.01. The zero-order chi connectivity index (χ0) is 28.5. The summed E-state index contributed by atoms with van der Waals surface area (Å²) in [6.07, 6.45) is -4.65. The van der Waals surface area contributed by atoms with E-state index in [-0.39, 0.29) is 46.1 Å². The lowest BCUT2D eigenvalue weighted by atomic mass is 9.93. The van der Waals surface area contributed by atoms with Crippen molar-refractivity contribution < 1.29 is 31.1 Å². The van der Waals surface area contributed by atoms with E-state index in [1.54, 1.807) is 0 Å². The smallest absolute Gasteiger partial charge is 0.379 e. The van der Waals surface area contributed by atoms with Crippen molar-refractivity contribution in [2.75, 3.05) is 38.3 Å². The van der Waals surface area contributed by atoms with Gasteiger partial charge in [-0.1, -0.05) is 12.1 Å². The Labute approximate surface area is 223 Å². The number of nitriles is 2. The molecule has 1 fully saturated rings. The van der Waals surface area contributed by atoms with Crippen LogP contribution in [0.4, 0.5) is 23.7 Å². The SMILES string of the molecule is CC1=C(C#N)C(c2ccc(C#N)cc2S(=O)(=O)NN2CCOCC2)N(C)C(=O)N1c1cccc(C(F)(F)F)c1. The third-order valence-corrected chi connectivity index (χ3v) is 7.85. The molecule has 0 saturated carbocycles. The molecule has 0 aromatic heterocycles. The Morgan fingerprint density at radius 2 is 1.77 bits per heavy atom. The minimum atomic E-state index is -4.65. The molecule has 0 spiro atoms. The van der Waals surface area contributed by atoms with Crippen molar-refractivity contribution in [3.8, 4) is 12.1 Å².